The van der Waals surface area contributed by atoms with Crippen LogP contribution in [-0.4, -0.2) is 32.2 Å². The number of hydrogen-bond acceptors (Lipinski definition) is 3. The first-order chi connectivity index (χ1) is 6.66. The minimum atomic E-state index is 0. The third-order valence-electron chi connectivity index (χ3n) is 1.61. The van der Waals surface area contributed by atoms with Crippen LogP contribution in [-0.2, 0) is 9.53 Å². The van der Waals surface area contributed by atoms with Gasteiger partial charge >= 0.3 is 0 Å². The third-order valence-corrected chi connectivity index (χ3v) is 1.61. The molecule has 1 amide bonds. The van der Waals surface area contributed by atoms with Crippen molar-refractivity contribution in [1.82, 2.24) is 5.32 Å². The lowest BCUT2D eigenvalue weighted by Gasteiger charge is -2.07. The Bertz CT molecular complexity index is 154. The molecule has 0 heterocycles. The van der Waals surface area contributed by atoms with Crippen LogP contribution in [0, 0.1) is 5.92 Å². The minimum absolute atomic E-state index is 0. The number of nitrogens with one attached hydrogen (secondary N) is 1. The van der Waals surface area contributed by atoms with E-state index in [0.29, 0.717) is 32.0 Å². The Balaban J connectivity index is 0. The number of hydrogen-bond donors (Lipinski definition) is 2. The van der Waals surface area contributed by atoms with Crippen LogP contribution in [0.15, 0.2) is 0 Å². The van der Waals surface area contributed by atoms with Gasteiger partial charge in [0.2, 0.25) is 5.91 Å². The molecule has 0 unspecified atom stereocenters. The lowest BCUT2D eigenvalue weighted by atomic mass is 10.2. The van der Waals surface area contributed by atoms with Crippen molar-refractivity contribution in [2.24, 2.45) is 11.7 Å². The Morgan fingerprint density at radius 2 is 2.13 bits per heavy atom. The molecule has 0 aliphatic rings. The van der Waals surface area contributed by atoms with E-state index < -0.39 is 0 Å². The van der Waals surface area contributed by atoms with Crippen molar-refractivity contribution >= 4 is 18.3 Å². The highest BCUT2D eigenvalue weighted by atomic mass is 35.5. The van der Waals surface area contributed by atoms with Crippen LogP contribution >= 0.6 is 12.4 Å². The van der Waals surface area contributed by atoms with E-state index in [2.05, 4.69) is 19.2 Å². The number of carbonyl (C=O) groups excluding carboxylic acids is 1. The molecular formula is C10H23ClN2O2. The predicted molar refractivity (Wildman–Crippen MR) is 64.2 cm³/mol. The van der Waals surface area contributed by atoms with Gasteiger partial charge in [0.1, 0.15) is 0 Å². The van der Waals surface area contributed by atoms with Crippen molar-refractivity contribution in [2.45, 2.75) is 26.7 Å². The SMILES string of the molecule is CC(C)COCCCNC(=O)CCN.Cl. The zero-order valence-electron chi connectivity index (χ0n) is 9.62. The average molecular weight is 239 g/mol. The topological polar surface area (TPSA) is 64.3 Å². The van der Waals surface area contributed by atoms with E-state index in [-0.39, 0.29) is 18.3 Å². The van der Waals surface area contributed by atoms with Crippen LogP contribution in [0.4, 0.5) is 0 Å². The summed E-state index contributed by atoms with van der Waals surface area (Å²) in [5.41, 5.74) is 5.23. The van der Waals surface area contributed by atoms with Gasteiger partial charge in [-0.05, 0) is 12.3 Å². The maximum absolute atomic E-state index is 11.0. The summed E-state index contributed by atoms with van der Waals surface area (Å²) in [5, 5.41) is 2.77. The lowest BCUT2D eigenvalue weighted by molar-refractivity contribution is -0.120. The molecule has 0 rings (SSSR count). The van der Waals surface area contributed by atoms with Gasteiger partial charge in [-0.15, -0.1) is 12.4 Å². The van der Waals surface area contributed by atoms with E-state index in [0.717, 1.165) is 13.0 Å². The normalized spacial score (nSPS) is 9.87. The van der Waals surface area contributed by atoms with Crippen molar-refractivity contribution in [3.63, 3.8) is 0 Å². The van der Waals surface area contributed by atoms with Crippen LogP contribution in [0.25, 0.3) is 0 Å². The Kier molecular flexibility index (Phi) is 13.4. The highest BCUT2D eigenvalue weighted by Gasteiger charge is 1.98. The molecule has 0 saturated heterocycles. The van der Waals surface area contributed by atoms with E-state index >= 15 is 0 Å². The number of nitrogens with two attached hydrogens (primary N) is 1. The first kappa shape index (κ1) is 17.1. The second-order valence-electron chi connectivity index (χ2n) is 3.71. The molecular weight excluding hydrogens is 216 g/mol. The van der Waals surface area contributed by atoms with Gasteiger partial charge in [-0.2, -0.15) is 0 Å². The molecule has 0 aliphatic carbocycles. The summed E-state index contributed by atoms with van der Waals surface area (Å²) >= 11 is 0. The highest BCUT2D eigenvalue weighted by molar-refractivity contribution is 5.85. The van der Waals surface area contributed by atoms with Crippen molar-refractivity contribution in [2.75, 3.05) is 26.3 Å². The molecule has 0 atom stereocenters. The monoisotopic (exact) mass is 238 g/mol. The quantitative estimate of drug-likeness (QED) is 0.619. The Labute approximate surface area is 98.3 Å². The van der Waals surface area contributed by atoms with Gasteiger partial charge < -0.3 is 15.8 Å². The fourth-order valence-electron chi connectivity index (χ4n) is 0.941. The summed E-state index contributed by atoms with van der Waals surface area (Å²) < 4.78 is 5.36. The van der Waals surface area contributed by atoms with E-state index in [4.69, 9.17) is 10.5 Å². The molecule has 0 radical (unpaired) electrons. The van der Waals surface area contributed by atoms with Gasteiger partial charge in [0.25, 0.3) is 0 Å². The molecule has 4 nitrogen and oxygen atoms in total. The van der Waals surface area contributed by atoms with Gasteiger partial charge in [-0.3, -0.25) is 4.79 Å². The molecule has 0 bridgehead atoms. The summed E-state index contributed by atoms with van der Waals surface area (Å²) in [6, 6.07) is 0. The molecule has 0 aromatic rings. The molecule has 0 aromatic heterocycles. The van der Waals surface area contributed by atoms with Crippen molar-refractivity contribution in [3.05, 3.63) is 0 Å². The maximum atomic E-state index is 11.0. The van der Waals surface area contributed by atoms with Crippen LogP contribution in [0.1, 0.15) is 26.7 Å². The Hall–Kier alpha value is -0.320. The standard InChI is InChI=1S/C10H22N2O2.ClH/c1-9(2)8-14-7-3-6-12-10(13)4-5-11;/h9H,3-8,11H2,1-2H3,(H,12,13);1H. The van der Waals surface area contributed by atoms with E-state index in [1.54, 1.807) is 0 Å². The molecule has 0 fully saturated rings. The van der Waals surface area contributed by atoms with E-state index in [9.17, 15) is 4.79 Å². The first-order valence-corrected chi connectivity index (χ1v) is 5.21. The van der Waals surface area contributed by atoms with Crippen LogP contribution in [0.2, 0.25) is 0 Å². The first-order valence-electron chi connectivity index (χ1n) is 5.21. The summed E-state index contributed by atoms with van der Waals surface area (Å²) in [6.07, 6.45) is 1.27. The van der Waals surface area contributed by atoms with Crippen molar-refractivity contribution in [3.8, 4) is 0 Å². The van der Waals surface area contributed by atoms with Crippen LogP contribution in [0.3, 0.4) is 0 Å². The number of rotatable bonds is 8. The number of carbonyl (C=O) groups is 1. The molecule has 15 heavy (non-hydrogen) atoms. The molecule has 0 aliphatic heterocycles. The predicted octanol–water partition coefficient (Wildman–Crippen LogP) is 0.936. The zero-order valence-corrected chi connectivity index (χ0v) is 10.4. The molecule has 92 valence electrons. The van der Waals surface area contributed by atoms with Gasteiger partial charge in [-0.1, -0.05) is 13.8 Å². The third kappa shape index (κ3) is 13.7. The number of halogens is 1. The average Bonchev–Trinajstić information content (AvgIpc) is 2.11. The summed E-state index contributed by atoms with van der Waals surface area (Å²) in [6.45, 7) is 6.82. The van der Waals surface area contributed by atoms with Gasteiger partial charge in [-0.25, -0.2) is 0 Å². The van der Waals surface area contributed by atoms with Crippen molar-refractivity contribution < 1.29 is 9.53 Å². The fourth-order valence-corrected chi connectivity index (χ4v) is 0.941. The molecule has 0 saturated carbocycles. The van der Waals surface area contributed by atoms with E-state index in [1.807, 2.05) is 0 Å². The Morgan fingerprint density at radius 1 is 1.47 bits per heavy atom. The number of amides is 1. The summed E-state index contributed by atoms with van der Waals surface area (Å²) in [4.78, 5) is 11.0. The smallest absolute Gasteiger partial charge is 0.221 e. The summed E-state index contributed by atoms with van der Waals surface area (Å²) in [5.74, 6) is 0.596. The highest BCUT2D eigenvalue weighted by Crippen LogP contribution is 1.92. The fraction of sp³-hybridized carbons (Fsp3) is 0.900. The van der Waals surface area contributed by atoms with Gasteiger partial charge in [0.05, 0.1) is 0 Å². The molecule has 0 aromatic carbocycles. The lowest BCUT2D eigenvalue weighted by Crippen LogP contribution is -2.27. The van der Waals surface area contributed by atoms with Crippen LogP contribution in [0.5, 0.6) is 0 Å². The number of ether oxygens (including phenoxy) is 1. The van der Waals surface area contributed by atoms with Crippen LogP contribution < -0.4 is 11.1 Å². The maximum Gasteiger partial charge on any atom is 0.221 e. The van der Waals surface area contributed by atoms with Crippen molar-refractivity contribution in [1.29, 1.82) is 0 Å². The molecule has 3 N–H and O–H groups in total. The van der Waals surface area contributed by atoms with Gasteiger partial charge in [0, 0.05) is 32.7 Å². The van der Waals surface area contributed by atoms with E-state index in [1.165, 1.54) is 0 Å². The largest absolute Gasteiger partial charge is 0.381 e. The second kappa shape index (κ2) is 11.8. The molecule has 5 heteroatoms. The molecule has 0 spiro atoms. The minimum Gasteiger partial charge on any atom is -0.381 e. The zero-order chi connectivity index (χ0) is 10.8. The summed E-state index contributed by atoms with van der Waals surface area (Å²) in [7, 11) is 0. The van der Waals surface area contributed by atoms with Gasteiger partial charge in [0.15, 0.2) is 0 Å². The second-order valence-corrected chi connectivity index (χ2v) is 3.71. The Morgan fingerprint density at radius 3 is 2.67 bits per heavy atom.